The van der Waals surface area contributed by atoms with Crippen LogP contribution in [0.1, 0.15) is 39.0 Å². The van der Waals surface area contributed by atoms with Crippen LogP contribution in [0, 0.1) is 0 Å². The lowest BCUT2D eigenvalue weighted by molar-refractivity contribution is -0.107. The molecule has 0 rings (SSSR count). The van der Waals surface area contributed by atoms with Crippen molar-refractivity contribution in [3.05, 3.63) is 0 Å². The minimum atomic E-state index is 0.0686. The van der Waals surface area contributed by atoms with Crippen molar-refractivity contribution in [2.75, 3.05) is 0 Å². The van der Waals surface area contributed by atoms with Crippen LogP contribution in [0.5, 0.6) is 0 Å². The molecule has 64 valence electrons. The first kappa shape index (κ1) is 10.8. The molecule has 1 atom stereocenters. The van der Waals surface area contributed by atoms with Crippen LogP contribution in [0.25, 0.3) is 0 Å². The summed E-state index contributed by atoms with van der Waals surface area (Å²) in [5.41, 5.74) is 0.0686. The Balaban J connectivity index is 3.35. The highest BCUT2D eigenvalue weighted by molar-refractivity contribution is 7.24. The van der Waals surface area contributed by atoms with Crippen molar-refractivity contribution in [3.8, 4) is 0 Å². The fourth-order valence-corrected chi connectivity index (χ4v) is 1.41. The first-order valence-electron chi connectivity index (χ1n) is 4.11. The summed E-state index contributed by atoms with van der Waals surface area (Å²) in [5, 5.41) is 0. The van der Waals surface area contributed by atoms with Crippen molar-refractivity contribution >= 4 is 14.7 Å². The van der Waals surface area contributed by atoms with Crippen molar-refractivity contribution in [1.29, 1.82) is 0 Å². The van der Waals surface area contributed by atoms with E-state index in [2.05, 4.69) is 6.92 Å². The maximum absolute atomic E-state index is 10.4. The lowest BCUT2D eigenvalue weighted by Gasteiger charge is -2.02. The van der Waals surface area contributed by atoms with Crippen molar-refractivity contribution in [1.82, 2.24) is 0 Å². The molecule has 0 aromatic heterocycles. The molecule has 0 amide bonds. The van der Waals surface area contributed by atoms with Crippen LogP contribution in [0.4, 0.5) is 0 Å². The van der Waals surface area contributed by atoms with E-state index in [1.807, 2.05) is 0 Å². The van der Waals surface area contributed by atoms with E-state index in [-0.39, 0.29) is 14.1 Å². The second-order valence-electron chi connectivity index (χ2n) is 2.66. The monoisotopic (exact) mass is 174 g/mol. The first-order valence-corrected chi connectivity index (χ1v) is 4.99. The van der Waals surface area contributed by atoms with Gasteiger partial charge in [0.15, 0.2) is 8.46 Å². The summed E-state index contributed by atoms with van der Waals surface area (Å²) >= 11 is 0. The third-order valence-corrected chi connectivity index (χ3v) is 2.43. The molecule has 0 radical (unpaired) electrons. The van der Waals surface area contributed by atoms with E-state index in [9.17, 15) is 9.36 Å². The van der Waals surface area contributed by atoms with Gasteiger partial charge >= 0.3 is 0 Å². The molecular weight excluding hydrogens is 159 g/mol. The lowest BCUT2D eigenvalue weighted by atomic mass is 10.1. The largest absolute Gasteiger partial charge is 0.303 e. The molecule has 3 heteroatoms. The van der Waals surface area contributed by atoms with E-state index >= 15 is 0 Å². The van der Waals surface area contributed by atoms with Crippen molar-refractivity contribution in [2.45, 2.75) is 44.7 Å². The molecule has 0 fully saturated rings. The van der Waals surface area contributed by atoms with Gasteiger partial charge in [0.25, 0.3) is 0 Å². The zero-order valence-electron chi connectivity index (χ0n) is 6.95. The van der Waals surface area contributed by atoms with Gasteiger partial charge in [0.1, 0.15) is 6.29 Å². The molecule has 0 bridgehead atoms. The molecule has 0 aromatic carbocycles. The third kappa shape index (κ3) is 6.18. The maximum atomic E-state index is 10.4. The summed E-state index contributed by atoms with van der Waals surface area (Å²) in [6.07, 6.45) is 5.63. The zero-order chi connectivity index (χ0) is 8.53. The van der Waals surface area contributed by atoms with Gasteiger partial charge in [-0.15, -0.1) is 0 Å². The Hall–Kier alpha value is -0.230. The van der Waals surface area contributed by atoms with Gasteiger partial charge in [-0.25, -0.2) is 0 Å². The minimum Gasteiger partial charge on any atom is -0.303 e. The molecule has 0 saturated heterocycles. The van der Waals surface area contributed by atoms with Crippen molar-refractivity contribution in [3.63, 3.8) is 0 Å². The average molecular weight is 174 g/mol. The molecule has 0 aliphatic heterocycles. The molecule has 0 heterocycles. The Morgan fingerprint density at radius 3 is 2.64 bits per heavy atom. The van der Waals surface area contributed by atoms with E-state index in [0.717, 1.165) is 19.1 Å². The maximum Gasteiger partial charge on any atom is 0.159 e. The van der Waals surface area contributed by atoms with Crippen LogP contribution in [0.2, 0.25) is 0 Å². The Morgan fingerprint density at radius 1 is 1.45 bits per heavy atom. The molecule has 0 N–H and O–H groups in total. The highest BCUT2D eigenvalue weighted by atomic mass is 31.1. The summed E-state index contributed by atoms with van der Waals surface area (Å²) < 4.78 is 10.4. The topological polar surface area (TPSA) is 34.1 Å². The van der Waals surface area contributed by atoms with Crippen LogP contribution in [-0.4, -0.2) is 11.9 Å². The number of rotatable bonds is 7. The molecule has 0 aliphatic rings. The third-order valence-electron chi connectivity index (χ3n) is 1.66. The van der Waals surface area contributed by atoms with Crippen molar-refractivity contribution < 1.29 is 9.36 Å². The van der Waals surface area contributed by atoms with Gasteiger partial charge in [0.2, 0.25) is 0 Å². The SMILES string of the molecule is CCCCCC(CC=O)P=O. The number of unbranched alkanes of at least 4 members (excludes halogenated alkanes) is 2. The summed E-state index contributed by atoms with van der Waals surface area (Å²) in [5.74, 6) is 0. The van der Waals surface area contributed by atoms with E-state index < -0.39 is 0 Å². The number of carbonyl (C=O) groups excluding carboxylic acids is 1. The lowest BCUT2D eigenvalue weighted by Crippen LogP contribution is -1.98. The Labute approximate surface area is 69.6 Å². The van der Waals surface area contributed by atoms with E-state index in [4.69, 9.17) is 0 Å². The molecular formula is C8H15O2P. The fraction of sp³-hybridized carbons (Fsp3) is 0.875. The highest BCUT2D eigenvalue weighted by Crippen LogP contribution is 2.17. The predicted molar refractivity (Wildman–Crippen MR) is 46.2 cm³/mol. The summed E-state index contributed by atoms with van der Waals surface area (Å²) in [4.78, 5) is 10.1. The second kappa shape index (κ2) is 7.87. The summed E-state index contributed by atoms with van der Waals surface area (Å²) in [6.45, 7) is 2.13. The van der Waals surface area contributed by atoms with Gasteiger partial charge in [-0.2, -0.15) is 0 Å². The molecule has 11 heavy (non-hydrogen) atoms. The molecule has 0 saturated carbocycles. The molecule has 0 aromatic rings. The van der Waals surface area contributed by atoms with Gasteiger partial charge < -0.3 is 4.79 Å². The van der Waals surface area contributed by atoms with Gasteiger partial charge in [-0.3, -0.25) is 4.57 Å². The van der Waals surface area contributed by atoms with Gasteiger partial charge in [-0.05, 0) is 6.42 Å². The van der Waals surface area contributed by atoms with Crippen LogP contribution in [-0.2, 0) is 9.36 Å². The van der Waals surface area contributed by atoms with Gasteiger partial charge in [0.05, 0.1) is 0 Å². The number of carbonyl (C=O) groups is 1. The number of hydrogen-bond acceptors (Lipinski definition) is 2. The number of aldehydes is 1. The van der Waals surface area contributed by atoms with Crippen molar-refractivity contribution in [2.24, 2.45) is 0 Å². The summed E-state index contributed by atoms with van der Waals surface area (Å²) in [7, 11) is 0.125. The van der Waals surface area contributed by atoms with E-state index in [1.54, 1.807) is 0 Å². The average Bonchev–Trinajstić information content (AvgIpc) is 2.03. The van der Waals surface area contributed by atoms with E-state index in [1.165, 1.54) is 12.8 Å². The van der Waals surface area contributed by atoms with Gasteiger partial charge in [0, 0.05) is 12.1 Å². The van der Waals surface area contributed by atoms with Crippen LogP contribution >= 0.6 is 8.46 Å². The van der Waals surface area contributed by atoms with Crippen LogP contribution in [0.3, 0.4) is 0 Å². The molecule has 1 unspecified atom stereocenters. The van der Waals surface area contributed by atoms with Crippen LogP contribution < -0.4 is 0 Å². The predicted octanol–water partition coefficient (Wildman–Crippen LogP) is 2.82. The first-order chi connectivity index (χ1) is 5.35. The minimum absolute atomic E-state index is 0.0686. The van der Waals surface area contributed by atoms with Gasteiger partial charge in [-0.1, -0.05) is 26.2 Å². The molecule has 0 aliphatic carbocycles. The van der Waals surface area contributed by atoms with E-state index in [0.29, 0.717) is 6.42 Å². The molecule has 0 spiro atoms. The highest BCUT2D eigenvalue weighted by Gasteiger charge is 2.06. The molecule has 2 nitrogen and oxygen atoms in total. The number of hydrogen-bond donors (Lipinski definition) is 0. The summed E-state index contributed by atoms with van der Waals surface area (Å²) in [6, 6.07) is 0. The normalized spacial score (nSPS) is 13.2. The quantitative estimate of drug-likeness (QED) is 0.338. The Bertz CT molecular complexity index is 115. The van der Waals surface area contributed by atoms with Crippen LogP contribution in [0.15, 0.2) is 0 Å². The Morgan fingerprint density at radius 2 is 2.18 bits per heavy atom. The smallest absolute Gasteiger partial charge is 0.159 e. The second-order valence-corrected chi connectivity index (χ2v) is 3.60. The Kier molecular flexibility index (Phi) is 7.71. The zero-order valence-corrected chi connectivity index (χ0v) is 7.85. The fourth-order valence-electron chi connectivity index (χ4n) is 0.955. The standard InChI is InChI=1S/C8H15O2P/c1-2-3-4-5-8(11-10)6-7-9/h7-8H,2-6H2,1H3.